The third-order valence-corrected chi connectivity index (χ3v) is 4.32. The molecular formula is C17H19NO3S. The van der Waals surface area contributed by atoms with Crippen LogP contribution in [0.25, 0.3) is 0 Å². The van der Waals surface area contributed by atoms with Gasteiger partial charge in [-0.25, -0.2) is 4.98 Å². The molecule has 0 unspecified atom stereocenters. The largest absolute Gasteiger partial charge is 0.457 e. The zero-order chi connectivity index (χ0) is 16.3. The number of nitrogens with zero attached hydrogens (tertiary/aromatic N) is 1. The zero-order valence-electron chi connectivity index (χ0n) is 13.2. The van der Waals surface area contributed by atoms with Crippen LogP contribution in [0.2, 0.25) is 0 Å². The van der Waals surface area contributed by atoms with E-state index < -0.39 is 5.97 Å². The van der Waals surface area contributed by atoms with E-state index in [2.05, 4.69) is 4.98 Å². The summed E-state index contributed by atoms with van der Waals surface area (Å²) < 4.78 is 5.07. The van der Waals surface area contributed by atoms with E-state index in [0.29, 0.717) is 11.3 Å². The summed E-state index contributed by atoms with van der Waals surface area (Å²) in [5.74, 6) is -0.608. The Morgan fingerprint density at radius 1 is 1.09 bits per heavy atom. The number of aromatic nitrogens is 1. The molecule has 0 saturated carbocycles. The highest BCUT2D eigenvalue weighted by atomic mass is 32.1. The fourth-order valence-corrected chi connectivity index (χ4v) is 2.79. The maximum absolute atomic E-state index is 12.2. The minimum atomic E-state index is -0.430. The van der Waals surface area contributed by atoms with Crippen LogP contribution in [0.4, 0.5) is 0 Å². The molecule has 0 aliphatic carbocycles. The molecule has 0 spiro atoms. The lowest BCUT2D eigenvalue weighted by molar-refractivity contribution is -0.141. The maximum Gasteiger partial charge on any atom is 0.312 e. The van der Waals surface area contributed by atoms with Gasteiger partial charge in [-0.2, -0.15) is 0 Å². The van der Waals surface area contributed by atoms with Crippen LogP contribution in [0.3, 0.4) is 0 Å². The van der Waals surface area contributed by atoms with E-state index in [1.807, 2.05) is 45.2 Å². The summed E-state index contributed by atoms with van der Waals surface area (Å²) >= 11 is 1.49. The van der Waals surface area contributed by atoms with Gasteiger partial charge >= 0.3 is 5.97 Å². The normalized spacial score (nSPS) is 10.5. The number of carbonyl (C=O) groups is 2. The van der Waals surface area contributed by atoms with Crippen molar-refractivity contribution >= 4 is 23.1 Å². The summed E-state index contributed by atoms with van der Waals surface area (Å²) in [4.78, 5) is 28.2. The van der Waals surface area contributed by atoms with Crippen molar-refractivity contribution in [1.82, 2.24) is 4.98 Å². The van der Waals surface area contributed by atoms with Crippen LogP contribution in [0, 0.1) is 27.7 Å². The third kappa shape index (κ3) is 4.01. The first-order chi connectivity index (χ1) is 10.4. The van der Waals surface area contributed by atoms with Crippen LogP contribution in [0.1, 0.15) is 37.7 Å². The van der Waals surface area contributed by atoms with Crippen molar-refractivity contribution in [1.29, 1.82) is 0 Å². The summed E-state index contributed by atoms with van der Waals surface area (Å²) in [5, 5.41) is 2.73. The summed E-state index contributed by atoms with van der Waals surface area (Å²) in [6.45, 7) is 7.50. The summed E-state index contributed by atoms with van der Waals surface area (Å²) in [5.41, 5.74) is 4.39. The van der Waals surface area contributed by atoms with E-state index >= 15 is 0 Å². The molecule has 22 heavy (non-hydrogen) atoms. The predicted octanol–water partition coefficient (Wildman–Crippen LogP) is 3.35. The first-order valence-corrected chi connectivity index (χ1v) is 7.92. The summed E-state index contributed by atoms with van der Waals surface area (Å²) in [6.07, 6.45) is 0.101. The van der Waals surface area contributed by atoms with E-state index in [1.54, 1.807) is 0 Å². The van der Waals surface area contributed by atoms with Crippen LogP contribution in [-0.4, -0.2) is 23.3 Å². The van der Waals surface area contributed by atoms with Gasteiger partial charge in [0.15, 0.2) is 6.61 Å². The number of ether oxygens (including phenoxy) is 1. The second-order valence-electron chi connectivity index (χ2n) is 5.37. The van der Waals surface area contributed by atoms with Gasteiger partial charge in [0, 0.05) is 10.9 Å². The lowest BCUT2D eigenvalue weighted by Gasteiger charge is -2.09. The van der Waals surface area contributed by atoms with E-state index in [9.17, 15) is 9.59 Å². The lowest BCUT2D eigenvalue weighted by atomic mass is 9.98. The first kappa shape index (κ1) is 16.4. The molecule has 4 nitrogen and oxygen atoms in total. The molecule has 116 valence electrons. The van der Waals surface area contributed by atoms with E-state index in [0.717, 1.165) is 21.7 Å². The highest BCUT2D eigenvalue weighted by Gasteiger charge is 2.14. The Kier molecular flexibility index (Phi) is 5.08. The number of carbonyl (C=O) groups excluding carboxylic acids is 2. The SMILES string of the molecule is Cc1nc(CC(=O)OCC(=O)c2cc(C)c(C)cc2C)cs1. The van der Waals surface area contributed by atoms with Gasteiger partial charge < -0.3 is 4.74 Å². The number of ketones is 1. The number of hydrogen-bond donors (Lipinski definition) is 0. The molecule has 0 aliphatic heterocycles. The fourth-order valence-electron chi connectivity index (χ4n) is 2.17. The zero-order valence-corrected chi connectivity index (χ0v) is 14.0. The Balaban J connectivity index is 1.95. The van der Waals surface area contributed by atoms with Gasteiger partial charge in [-0.15, -0.1) is 11.3 Å². The minimum absolute atomic E-state index is 0.101. The van der Waals surface area contributed by atoms with Crippen LogP contribution in [0.5, 0.6) is 0 Å². The standard InChI is InChI=1S/C17H19NO3S/c1-10-5-12(3)15(6-11(10)2)16(19)8-21-17(20)7-14-9-22-13(4)18-14/h5-6,9H,7-8H2,1-4H3. The van der Waals surface area contributed by atoms with Gasteiger partial charge in [-0.1, -0.05) is 6.07 Å². The van der Waals surface area contributed by atoms with Crippen molar-refractivity contribution < 1.29 is 14.3 Å². The number of thiazole rings is 1. The minimum Gasteiger partial charge on any atom is -0.457 e. The molecule has 0 amide bonds. The molecule has 0 radical (unpaired) electrons. The van der Waals surface area contributed by atoms with Gasteiger partial charge in [0.1, 0.15) is 0 Å². The number of Topliss-reactive ketones (excluding diaryl/α,β-unsaturated/α-hetero) is 1. The van der Waals surface area contributed by atoms with Crippen molar-refractivity contribution in [3.05, 3.63) is 50.5 Å². The molecular weight excluding hydrogens is 298 g/mol. The number of benzene rings is 1. The number of rotatable bonds is 5. The fraction of sp³-hybridized carbons (Fsp3) is 0.353. The Morgan fingerprint density at radius 3 is 2.41 bits per heavy atom. The highest BCUT2D eigenvalue weighted by molar-refractivity contribution is 7.09. The molecule has 0 atom stereocenters. The van der Waals surface area contributed by atoms with Crippen LogP contribution in [0.15, 0.2) is 17.5 Å². The smallest absolute Gasteiger partial charge is 0.312 e. The molecule has 2 rings (SSSR count). The number of aryl methyl sites for hydroxylation is 4. The molecule has 0 bridgehead atoms. The Labute approximate surface area is 134 Å². The van der Waals surface area contributed by atoms with Gasteiger partial charge in [-0.3, -0.25) is 9.59 Å². The van der Waals surface area contributed by atoms with Crippen molar-refractivity contribution in [2.75, 3.05) is 6.61 Å². The van der Waals surface area contributed by atoms with Crippen molar-refractivity contribution in [3.63, 3.8) is 0 Å². The average Bonchev–Trinajstić information content (AvgIpc) is 2.85. The Bertz CT molecular complexity index is 719. The van der Waals surface area contributed by atoms with Gasteiger partial charge in [0.2, 0.25) is 5.78 Å². The topological polar surface area (TPSA) is 56.3 Å². The maximum atomic E-state index is 12.2. The molecule has 0 aliphatic rings. The van der Waals surface area contributed by atoms with Crippen molar-refractivity contribution in [2.24, 2.45) is 0 Å². The molecule has 1 aromatic carbocycles. The van der Waals surface area contributed by atoms with Crippen LogP contribution in [-0.2, 0) is 16.0 Å². The molecule has 0 fully saturated rings. The van der Waals surface area contributed by atoms with Crippen LogP contribution >= 0.6 is 11.3 Å². The third-order valence-electron chi connectivity index (χ3n) is 3.50. The molecule has 1 aromatic heterocycles. The van der Waals surface area contributed by atoms with E-state index in [1.165, 1.54) is 11.3 Å². The number of hydrogen-bond acceptors (Lipinski definition) is 5. The average molecular weight is 317 g/mol. The molecule has 5 heteroatoms. The second kappa shape index (κ2) is 6.83. The molecule has 0 saturated heterocycles. The van der Waals surface area contributed by atoms with E-state index in [-0.39, 0.29) is 18.8 Å². The summed E-state index contributed by atoms with van der Waals surface area (Å²) in [6, 6.07) is 3.83. The van der Waals surface area contributed by atoms with E-state index in [4.69, 9.17) is 4.74 Å². The monoisotopic (exact) mass is 317 g/mol. The highest BCUT2D eigenvalue weighted by Crippen LogP contribution is 2.16. The van der Waals surface area contributed by atoms with Crippen molar-refractivity contribution in [3.8, 4) is 0 Å². The quantitative estimate of drug-likeness (QED) is 0.627. The first-order valence-electron chi connectivity index (χ1n) is 7.04. The second-order valence-corrected chi connectivity index (χ2v) is 6.43. The molecule has 1 heterocycles. The number of esters is 1. The summed E-state index contributed by atoms with van der Waals surface area (Å²) in [7, 11) is 0. The van der Waals surface area contributed by atoms with Gasteiger partial charge in [-0.05, 0) is 50.5 Å². The Hall–Kier alpha value is -2.01. The Morgan fingerprint density at radius 2 is 1.77 bits per heavy atom. The lowest BCUT2D eigenvalue weighted by Crippen LogP contribution is -2.17. The van der Waals surface area contributed by atoms with Gasteiger partial charge in [0.05, 0.1) is 17.1 Å². The molecule has 0 N–H and O–H groups in total. The van der Waals surface area contributed by atoms with Gasteiger partial charge in [0.25, 0.3) is 0 Å². The van der Waals surface area contributed by atoms with Crippen molar-refractivity contribution in [2.45, 2.75) is 34.1 Å². The van der Waals surface area contributed by atoms with Crippen LogP contribution < -0.4 is 0 Å². The predicted molar refractivity (Wildman–Crippen MR) is 86.5 cm³/mol. The molecule has 2 aromatic rings.